The fourth-order valence-electron chi connectivity index (χ4n) is 2.66. The van der Waals surface area contributed by atoms with E-state index in [1.165, 1.54) is 7.11 Å². The van der Waals surface area contributed by atoms with Gasteiger partial charge in [-0.2, -0.15) is 0 Å². The van der Waals surface area contributed by atoms with Gasteiger partial charge in [0.1, 0.15) is 17.4 Å². The van der Waals surface area contributed by atoms with Crippen molar-refractivity contribution in [3.05, 3.63) is 47.2 Å². The van der Waals surface area contributed by atoms with Crippen LogP contribution in [0.2, 0.25) is 0 Å². The van der Waals surface area contributed by atoms with E-state index in [1.54, 1.807) is 33.6 Å². The third-order valence-electron chi connectivity index (χ3n) is 3.84. The summed E-state index contributed by atoms with van der Waals surface area (Å²) in [6.45, 7) is 0.545. The van der Waals surface area contributed by atoms with Crippen molar-refractivity contribution in [1.82, 2.24) is 15.2 Å². The molecular formula is C17H14N4O2S2. The van der Waals surface area contributed by atoms with Crippen LogP contribution in [-0.4, -0.2) is 40.8 Å². The quantitative estimate of drug-likeness (QED) is 0.519. The van der Waals surface area contributed by atoms with E-state index < -0.39 is 6.04 Å². The Labute approximate surface area is 152 Å². The number of anilines is 1. The molecule has 0 radical (unpaired) electrons. The van der Waals surface area contributed by atoms with Gasteiger partial charge >= 0.3 is 5.97 Å². The molecule has 1 atom stereocenters. The summed E-state index contributed by atoms with van der Waals surface area (Å²) in [5.74, 6) is 0.0847. The number of ether oxygens (including phenoxy) is 1. The van der Waals surface area contributed by atoms with Crippen LogP contribution < -0.4 is 4.90 Å². The minimum absolute atomic E-state index is 0.336. The molecule has 1 aliphatic heterocycles. The zero-order valence-corrected chi connectivity index (χ0v) is 15.0. The molecule has 0 aliphatic carbocycles. The predicted molar refractivity (Wildman–Crippen MR) is 98.7 cm³/mol. The van der Waals surface area contributed by atoms with Crippen LogP contribution in [0.15, 0.2) is 47.2 Å². The van der Waals surface area contributed by atoms with Gasteiger partial charge in [-0.15, -0.1) is 32.9 Å². The molecule has 25 heavy (non-hydrogen) atoms. The molecule has 0 amide bonds. The first-order valence-electron chi connectivity index (χ1n) is 7.61. The number of hydrogen-bond acceptors (Lipinski definition) is 8. The van der Waals surface area contributed by atoms with Crippen LogP contribution in [0.3, 0.4) is 0 Å². The van der Waals surface area contributed by atoms with E-state index in [1.807, 2.05) is 41.1 Å². The summed E-state index contributed by atoms with van der Waals surface area (Å²) in [5, 5.41) is 12.7. The lowest BCUT2D eigenvalue weighted by molar-refractivity contribution is -0.140. The highest BCUT2D eigenvalue weighted by Gasteiger charge is 2.30. The third-order valence-corrected chi connectivity index (χ3v) is 5.59. The summed E-state index contributed by atoms with van der Waals surface area (Å²) in [5.41, 5.74) is 1.53. The molecule has 0 bridgehead atoms. The normalized spacial score (nSPS) is 16.4. The molecule has 0 fully saturated rings. The minimum Gasteiger partial charge on any atom is -0.467 e. The Morgan fingerprint density at radius 1 is 1.16 bits per heavy atom. The second-order valence-corrected chi connectivity index (χ2v) is 7.21. The maximum atomic E-state index is 12.0. The van der Waals surface area contributed by atoms with Crippen molar-refractivity contribution in [1.29, 1.82) is 0 Å². The Morgan fingerprint density at radius 3 is 2.52 bits per heavy atom. The maximum absolute atomic E-state index is 12.0. The van der Waals surface area contributed by atoms with Gasteiger partial charge in [0.15, 0.2) is 0 Å². The average molecular weight is 370 g/mol. The SMILES string of the molecule is COC(=O)C1C=CCN1c1nnc(-c2cccs2)c(-c2cccs2)n1. The number of esters is 1. The first kappa shape index (κ1) is 15.9. The van der Waals surface area contributed by atoms with Gasteiger partial charge in [-0.1, -0.05) is 24.3 Å². The molecule has 0 aromatic carbocycles. The fourth-order valence-corrected chi connectivity index (χ4v) is 4.08. The molecular weight excluding hydrogens is 356 g/mol. The van der Waals surface area contributed by atoms with Gasteiger partial charge in [-0.25, -0.2) is 9.78 Å². The molecule has 4 heterocycles. The standard InChI is InChI=1S/C17H14N4O2S2/c1-23-16(22)11-5-2-8-21(11)17-18-14(12-6-3-9-24-12)15(19-20-17)13-7-4-10-25-13/h2-7,9-11H,8H2,1H3. The zero-order chi connectivity index (χ0) is 17.2. The van der Waals surface area contributed by atoms with Crippen LogP contribution in [0.25, 0.3) is 21.1 Å². The Morgan fingerprint density at radius 2 is 1.88 bits per heavy atom. The van der Waals surface area contributed by atoms with Crippen LogP contribution in [0.5, 0.6) is 0 Å². The van der Waals surface area contributed by atoms with Gasteiger partial charge in [-0.3, -0.25) is 0 Å². The lowest BCUT2D eigenvalue weighted by Gasteiger charge is -2.22. The highest BCUT2D eigenvalue weighted by molar-refractivity contribution is 7.14. The molecule has 8 heteroatoms. The third kappa shape index (κ3) is 2.94. The molecule has 4 rings (SSSR count). The van der Waals surface area contributed by atoms with Gasteiger partial charge in [-0.05, 0) is 22.9 Å². The average Bonchev–Trinajstić information content (AvgIpc) is 3.42. The summed E-state index contributed by atoms with van der Waals surface area (Å²) in [7, 11) is 1.38. The number of hydrogen-bond donors (Lipinski definition) is 0. The van der Waals surface area contributed by atoms with Crippen molar-refractivity contribution < 1.29 is 9.53 Å². The first-order chi connectivity index (χ1) is 12.3. The number of thiophene rings is 2. The van der Waals surface area contributed by atoms with E-state index in [0.717, 1.165) is 21.1 Å². The lowest BCUT2D eigenvalue weighted by atomic mass is 10.2. The van der Waals surface area contributed by atoms with E-state index in [0.29, 0.717) is 12.5 Å². The summed E-state index contributed by atoms with van der Waals surface area (Å²) in [6.07, 6.45) is 3.70. The van der Waals surface area contributed by atoms with Crippen LogP contribution in [-0.2, 0) is 9.53 Å². The number of methoxy groups -OCH3 is 1. The molecule has 0 spiro atoms. The Hall–Kier alpha value is -2.58. The molecule has 1 aliphatic rings. The van der Waals surface area contributed by atoms with Crippen molar-refractivity contribution in [2.24, 2.45) is 0 Å². The van der Waals surface area contributed by atoms with Crippen molar-refractivity contribution >= 4 is 34.6 Å². The number of aromatic nitrogens is 3. The number of carbonyl (C=O) groups excluding carboxylic acids is 1. The van der Waals surface area contributed by atoms with Crippen molar-refractivity contribution in [3.63, 3.8) is 0 Å². The van der Waals surface area contributed by atoms with Crippen molar-refractivity contribution in [2.45, 2.75) is 6.04 Å². The van der Waals surface area contributed by atoms with E-state index in [2.05, 4.69) is 10.2 Å². The Bertz CT molecular complexity index is 907. The fraction of sp³-hybridized carbons (Fsp3) is 0.176. The molecule has 126 valence electrons. The number of carbonyl (C=O) groups is 1. The van der Waals surface area contributed by atoms with Gasteiger partial charge in [0, 0.05) is 6.54 Å². The molecule has 3 aromatic heterocycles. The maximum Gasteiger partial charge on any atom is 0.332 e. The Kier molecular flexibility index (Phi) is 4.29. The lowest BCUT2D eigenvalue weighted by Crippen LogP contribution is -2.38. The second-order valence-electron chi connectivity index (χ2n) is 5.31. The van der Waals surface area contributed by atoms with E-state index in [-0.39, 0.29) is 5.97 Å². The molecule has 0 N–H and O–H groups in total. The molecule has 6 nitrogen and oxygen atoms in total. The topological polar surface area (TPSA) is 68.2 Å². The van der Waals surface area contributed by atoms with E-state index in [9.17, 15) is 4.79 Å². The van der Waals surface area contributed by atoms with Crippen LogP contribution >= 0.6 is 22.7 Å². The zero-order valence-electron chi connectivity index (χ0n) is 13.3. The Balaban J connectivity index is 1.79. The molecule has 3 aromatic rings. The predicted octanol–water partition coefficient (Wildman–Crippen LogP) is 3.25. The largest absolute Gasteiger partial charge is 0.467 e. The summed E-state index contributed by atoms with van der Waals surface area (Å²) < 4.78 is 4.87. The van der Waals surface area contributed by atoms with Gasteiger partial charge < -0.3 is 9.64 Å². The highest BCUT2D eigenvalue weighted by Crippen LogP contribution is 2.34. The number of rotatable bonds is 4. The minimum atomic E-state index is -0.518. The van der Waals surface area contributed by atoms with E-state index >= 15 is 0 Å². The summed E-state index contributed by atoms with van der Waals surface area (Å²) >= 11 is 3.20. The summed E-state index contributed by atoms with van der Waals surface area (Å²) in [6, 6.07) is 7.45. The monoisotopic (exact) mass is 370 g/mol. The molecule has 1 unspecified atom stereocenters. The highest BCUT2D eigenvalue weighted by atomic mass is 32.1. The first-order valence-corrected chi connectivity index (χ1v) is 9.37. The van der Waals surface area contributed by atoms with E-state index in [4.69, 9.17) is 9.72 Å². The van der Waals surface area contributed by atoms with Gasteiger partial charge in [0.25, 0.3) is 0 Å². The van der Waals surface area contributed by atoms with Crippen LogP contribution in [0, 0.1) is 0 Å². The smallest absolute Gasteiger partial charge is 0.332 e. The van der Waals surface area contributed by atoms with Crippen LogP contribution in [0.1, 0.15) is 0 Å². The van der Waals surface area contributed by atoms with Gasteiger partial charge in [0.05, 0.1) is 16.9 Å². The van der Waals surface area contributed by atoms with Gasteiger partial charge in [0.2, 0.25) is 5.95 Å². The molecule has 0 saturated carbocycles. The van der Waals surface area contributed by atoms with Crippen molar-refractivity contribution in [2.75, 3.05) is 18.6 Å². The van der Waals surface area contributed by atoms with Crippen LogP contribution in [0.4, 0.5) is 5.95 Å². The van der Waals surface area contributed by atoms with Crippen molar-refractivity contribution in [3.8, 4) is 21.1 Å². The molecule has 0 saturated heterocycles. The number of nitrogens with zero attached hydrogens (tertiary/aromatic N) is 4. The second kappa shape index (κ2) is 6.73. The summed E-state index contributed by atoms with van der Waals surface area (Å²) in [4.78, 5) is 20.5.